The molecule has 0 spiro atoms. The summed E-state index contributed by atoms with van der Waals surface area (Å²) in [6, 6.07) is 4.55. The standard InChI is InChI=1S/C21H30ClFN4O3/c1-11-15(9-27(2)26-11)21(29)25-19-8-18(12-5-13(19)6-12)24-20(28)10-30-14-3-4-16(22)17(23)7-14/h3-4,7,11-13,15,18-19,21,25-26,29H,5-6,8-10H2,1-2H3,(H,24,28). The number of carbonyl (C=O) groups excluding carboxylic acids is 1. The van der Waals surface area contributed by atoms with Crippen LogP contribution in [0.25, 0.3) is 0 Å². The third-order valence-corrected chi connectivity index (χ3v) is 7.11. The van der Waals surface area contributed by atoms with Crippen LogP contribution < -0.4 is 20.8 Å². The van der Waals surface area contributed by atoms with E-state index in [9.17, 15) is 14.3 Å². The first-order chi connectivity index (χ1) is 14.3. The molecule has 1 amide bonds. The lowest BCUT2D eigenvalue weighted by molar-refractivity contribution is -0.125. The first kappa shape index (κ1) is 21.8. The van der Waals surface area contributed by atoms with Crippen LogP contribution in [0.3, 0.4) is 0 Å². The van der Waals surface area contributed by atoms with Crippen LogP contribution in [0.1, 0.15) is 26.2 Å². The van der Waals surface area contributed by atoms with E-state index < -0.39 is 12.0 Å². The Balaban J connectivity index is 1.26. The van der Waals surface area contributed by atoms with Crippen molar-refractivity contribution < 1.29 is 19.0 Å². The van der Waals surface area contributed by atoms with E-state index in [0.717, 1.165) is 25.8 Å². The molecular formula is C21H30ClFN4O3. The number of carbonyl (C=O) groups is 1. The van der Waals surface area contributed by atoms with E-state index in [1.54, 1.807) is 0 Å². The number of nitrogens with one attached hydrogen (secondary N) is 3. The summed E-state index contributed by atoms with van der Waals surface area (Å²) in [6.07, 6.45) is 2.31. The molecular weight excluding hydrogens is 411 g/mol. The van der Waals surface area contributed by atoms with Gasteiger partial charge in [0, 0.05) is 43.7 Å². The summed E-state index contributed by atoms with van der Waals surface area (Å²) in [4.78, 5) is 12.4. The van der Waals surface area contributed by atoms with Gasteiger partial charge in [-0.25, -0.2) is 9.40 Å². The highest BCUT2D eigenvalue weighted by atomic mass is 35.5. The highest BCUT2D eigenvalue weighted by Crippen LogP contribution is 2.46. The number of fused-ring (bicyclic) bond motifs is 2. The van der Waals surface area contributed by atoms with Gasteiger partial charge < -0.3 is 15.2 Å². The Morgan fingerprint density at radius 3 is 2.77 bits per heavy atom. The molecule has 1 heterocycles. The SMILES string of the molecule is CC1NN(C)CC1C(O)NC1CC(NC(=O)COc2ccc(Cl)c(F)c2)C2CC1C2. The van der Waals surface area contributed by atoms with Crippen LogP contribution in [0.2, 0.25) is 5.02 Å². The lowest BCUT2D eigenvalue weighted by Gasteiger charge is -2.52. The Bertz CT molecular complexity index is 779. The van der Waals surface area contributed by atoms with Gasteiger partial charge in [-0.05, 0) is 50.2 Å². The van der Waals surface area contributed by atoms with Gasteiger partial charge in [-0.2, -0.15) is 0 Å². The number of aliphatic hydroxyl groups is 1. The largest absolute Gasteiger partial charge is 0.484 e. The lowest BCUT2D eigenvalue weighted by Crippen LogP contribution is -2.61. The van der Waals surface area contributed by atoms with Gasteiger partial charge >= 0.3 is 0 Å². The Labute approximate surface area is 181 Å². The zero-order chi connectivity index (χ0) is 21.4. The molecule has 166 valence electrons. The average molecular weight is 441 g/mol. The predicted octanol–water partition coefficient (Wildman–Crippen LogP) is 1.50. The van der Waals surface area contributed by atoms with Crippen molar-refractivity contribution in [3.63, 3.8) is 0 Å². The Kier molecular flexibility index (Phi) is 6.50. The molecule has 1 saturated heterocycles. The number of aliphatic hydroxyl groups excluding tert-OH is 1. The molecule has 0 aromatic heterocycles. The Hall–Kier alpha value is -1.45. The molecule has 5 rings (SSSR count). The monoisotopic (exact) mass is 440 g/mol. The minimum absolute atomic E-state index is 0.0173. The van der Waals surface area contributed by atoms with Crippen LogP contribution in [0, 0.1) is 23.6 Å². The molecule has 7 nitrogen and oxygen atoms in total. The van der Waals surface area contributed by atoms with Gasteiger partial charge in [-0.1, -0.05) is 11.6 Å². The van der Waals surface area contributed by atoms with Crippen LogP contribution >= 0.6 is 11.6 Å². The maximum atomic E-state index is 13.5. The van der Waals surface area contributed by atoms with Crippen molar-refractivity contribution in [2.45, 2.75) is 50.5 Å². The topological polar surface area (TPSA) is 85.9 Å². The first-order valence-electron chi connectivity index (χ1n) is 10.6. The van der Waals surface area contributed by atoms with Crippen LogP contribution in [-0.2, 0) is 4.79 Å². The minimum atomic E-state index is -0.584. The fourth-order valence-corrected chi connectivity index (χ4v) is 5.17. The van der Waals surface area contributed by atoms with E-state index in [1.807, 2.05) is 12.1 Å². The summed E-state index contributed by atoms with van der Waals surface area (Å²) in [5, 5.41) is 19.2. The van der Waals surface area contributed by atoms with E-state index in [4.69, 9.17) is 16.3 Å². The van der Waals surface area contributed by atoms with Crippen LogP contribution in [0.5, 0.6) is 5.75 Å². The number of hydrogen-bond acceptors (Lipinski definition) is 6. The van der Waals surface area contributed by atoms with Crippen molar-refractivity contribution in [1.82, 2.24) is 21.1 Å². The van der Waals surface area contributed by atoms with Crippen molar-refractivity contribution in [2.24, 2.45) is 17.8 Å². The second-order valence-electron chi connectivity index (χ2n) is 8.95. The van der Waals surface area contributed by atoms with Crippen molar-refractivity contribution in [2.75, 3.05) is 20.2 Å². The molecule has 0 radical (unpaired) electrons. The number of benzene rings is 1. The number of hydrazine groups is 1. The number of hydrogen-bond donors (Lipinski definition) is 4. The Morgan fingerprint density at radius 2 is 2.10 bits per heavy atom. The predicted molar refractivity (Wildman–Crippen MR) is 111 cm³/mol. The van der Waals surface area contributed by atoms with Crippen molar-refractivity contribution in [1.29, 1.82) is 0 Å². The summed E-state index contributed by atoms with van der Waals surface area (Å²) in [7, 11) is 1.98. The maximum Gasteiger partial charge on any atom is 0.258 e. The van der Waals surface area contributed by atoms with Gasteiger partial charge in [-0.15, -0.1) is 0 Å². The van der Waals surface area contributed by atoms with Gasteiger partial charge in [0.2, 0.25) is 0 Å². The molecule has 4 N–H and O–H groups in total. The molecule has 9 heteroatoms. The number of amides is 1. The molecule has 5 atom stereocenters. The molecule has 3 saturated carbocycles. The maximum absolute atomic E-state index is 13.5. The second-order valence-corrected chi connectivity index (χ2v) is 9.35. The molecule has 4 aliphatic rings. The fourth-order valence-electron chi connectivity index (χ4n) is 5.06. The van der Waals surface area contributed by atoms with E-state index >= 15 is 0 Å². The van der Waals surface area contributed by atoms with Gasteiger partial charge in [0.25, 0.3) is 5.91 Å². The third kappa shape index (κ3) is 4.73. The second kappa shape index (κ2) is 8.96. The van der Waals surface area contributed by atoms with Crippen molar-refractivity contribution >= 4 is 17.5 Å². The van der Waals surface area contributed by atoms with E-state index in [2.05, 4.69) is 23.0 Å². The lowest BCUT2D eigenvalue weighted by atomic mass is 9.60. The summed E-state index contributed by atoms with van der Waals surface area (Å²) >= 11 is 5.66. The third-order valence-electron chi connectivity index (χ3n) is 6.81. The van der Waals surface area contributed by atoms with Gasteiger partial charge in [0.15, 0.2) is 6.61 Å². The number of rotatable bonds is 7. The Morgan fingerprint density at radius 1 is 1.37 bits per heavy atom. The van der Waals surface area contributed by atoms with Gasteiger partial charge in [-0.3, -0.25) is 15.5 Å². The molecule has 1 aliphatic heterocycles. The molecule has 4 fully saturated rings. The van der Waals surface area contributed by atoms with Crippen LogP contribution in [0.4, 0.5) is 4.39 Å². The van der Waals surface area contributed by atoms with Gasteiger partial charge in [0.05, 0.1) is 5.02 Å². The molecule has 30 heavy (non-hydrogen) atoms. The molecule has 3 aliphatic carbocycles. The van der Waals surface area contributed by atoms with Crippen molar-refractivity contribution in [3.05, 3.63) is 29.0 Å². The molecule has 1 aromatic carbocycles. The number of ether oxygens (including phenoxy) is 1. The van der Waals surface area contributed by atoms with Crippen LogP contribution in [0.15, 0.2) is 18.2 Å². The number of halogens is 2. The van der Waals surface area contributed by atoms with E-state index in [0.29, 0.717) is 11.8 Å². The zero-order valence-electron chi connectivity index (χ0n) is 17.3. The zero-order valence-corrected chi connectivity index (χ0v) is 18.0. The normalized spacial score (nSPS) is 34.3. The van der Waals surface area contributed by atoms with Crippen LogP contribution in [-0.4, -0.2) is 60.6 Å². The molecule has 5 unspecified atom stereocenters. The molecule has 1 aromatic rings. The van der Waals surface area contributed by atoms with E-state index in [1.165, 1.54) is 18.2 Å². The highest BCUT2D eigenvalue weighted by molar-refractivity contribution is 6.30. The van der Waals surface area contributed by atoms with Gasteiger partial charge in [0.1, 0.15) is 17.8 Å². The minimum Gasteiger partial charge on any atom is -0.484 e. The van der Waals surface area contributed by atoms with Crippen molar-refractivity contribution in [3.8, 4) is 5.75 Å². The highest BCUT2D eigenvalue weighted by Gasteiger charge is 2.47. The summed E-state index contributed by atoms with van der Waals surface area (Å²) in [6.45, 7) is 2.69. The fraction of sp³-hybridized carbons (Fsp3) is 0.667. The summed E-state index contributed by atoms with van der Waals surface area (Å²) < 4.78 is 18.9. The quantitative estimate of drug-likeness (QED) is 0.481. The summed E-state index contributed by atoms with van der Waals surface area (Å²) in [5.74, 6) is 0.609. The summed E-state index contributed by atoms with van der Waals surface area (Å²) in [5.41, 5.74) is 3.31. The molecule has 2 bridgehead atoms. The first-order valence-corrected chi connectivity index (χ1v) is 11.0. The smallest absolute Gasteiger partial charge is 0.258 e. The van der Waals surface area contributed by atoms with E-state index in [-0.39, 0.29) is 47.3 Å². The average Bonchev–Trinajstić information content (AvgIpc) is 3.00. The number of nitrogens with zero attached hydrogens (tertiary/aromatic N) is 1.